The third-order valence-electron chi connectivity index (χ3n) is 9.32. The summed E-state index contributed by atoms with van der Waals surface area (Å²) >= 11 is 0. The second-order valence-electron chi connectivity index (χ2n) is 12.7. The fourth-order valence-corrected chi connectivity index (χ4v) is 7.68. The van der Waals surface area contributed by atoms with E-state index in [2.05, 4.69) is 4.98 Å². The van der Waals surface area contributed by atoms with Crippen LogP contribution in [-0.2, 0) is 42.8 Å². The van der Waals surface area contributed by atoms with E-state index in [0.717, 1.165) is 13.8 Å². The third-order valence-corrected chi connectivity index (χ3v) is 9.32. The van der Waals surface area contributed by atoms with Gasteiger partial charge in [0.1, 0.15) is 36.6 Å². The average molecular weight is 644 g/mol. The summed E-state index contributed by atoms with van der Waals surface area (Å²) in [4.78, 5) is 69.0. The highest BCUT2D eigenvalue weighted by Gasteiger charge is 2.86. The molecule has 5 rings (SSSR count). The van der Waals surface area contributed by atoms with Gasteiger partial charge in [-0.05, 0) is 45.4 Å². The number of fused-ring (bicyclic) bond motifs is 1. The van der Waals surface area contributed by atoms with Crippen molar-refractivity contribution in [1.29, 1.82) is 0 Å². The van der Waals surface area contributed by atoms with Gasteiger partial charge in [0, 0.05) is 45.5 Å². The Hall–Kier alpha value is -4.30. The smallest absolute Gasteiger partial charge is 0.341 e. The number of hydrogen-bond donors (Lipinski definition) is 1. The number of carbonyl (C=O) groups is 5. The minimum atomic E-state index is -2.06. The van der Waals surface area contributed by atoms with Crippen molar-refractivity contribution in [2.75, 3.05) is 6.61 Å². The van der Waals surface area contributed by atoms with E-state index in [-0.39, 0.29) is 24.0 Å². The summed E-state index contributed by atoms with van der Waals surface area (Å²) < 4.78 is 41.5. The molecule has 2 aliphatic carbocycles. The highest BCUT2D eigenvalue weighted by atomic mass is 16.6. The van der Waals surface area contributed by atoms with E-state index in [9.17, 15) is 29.1 Å². The van der Waals surface area contributed by atoms with Gasteiger partial charge in [-0.1, -0.05) is 0 Å². The lowest BCUT2D eigenvalue weighted by Crippen LogP contribution is -2.83. The molecule has 14 nitrogen and oxygen atoms in total. The third kappa shape index (κ3) is 5.32. The van der Waals surface area contributed by atoms with Crippen molar-refractivity contribution in [3.63, 3.8) is 0 Å². The van der Waals surface area contributed by atoms with Gasteiger partial charge in [0.2, 0.25) is 0 Å². The molecule has 2 saturated carbocycles. The van der Waals surface area contributed by atoms with Gasteiger partial charge in [-0.2, -0.15) is 0 Å². The van der Waals surface area contributed by atoms with Gasteiger partial charge in [-0.25, -0.2) is 9.59 Å². The second kappa shape index (κ2) is 11.8. The zero-order valence-electron chi connectivity index (χ0n) is 26.3. The molecule has 46 heavy (non-hydrogen) atoms. The fraction of sp³-hybridized carbons (Fsp3) is 0.562. The van der Waals surface area contributed by atoms with Crippen LogP contribution >= 0.6 is 0 Å². The van der Waals surface area contributed by atoms with Gasteiger partial charge < -0.3 is 37.9 Å². The zero-order chi connectivity index (χ0) is 33.7. The fourth-order valence-electron chi connectivity index (χ4n) is 7.68. The number of aromatic nitrogens is 1. The number of rotatable bonds is 8. The lowest BCUT2D eigenvalue weighted by Gasteiger charge is -2.65. The van der Waals surface area contributed by atoms with Crippen LogP contribution in [0.4, 0.5) is 0 Å². The van der Waals surface area contributed by atoms with Gasteiger partial charge in [0.05, 0.1) is 28.6 Å². The number of pyridine rings is 1. The first-order valence-corrected chi connectivity index (χ1v) is 14.8. The summed E-state index contributed by atoms with van der Waals surface area (Å²) in [5, 5.41) is 12.5. The zero-order valence-corrected chi connectivity index (χ0v) is 26.3. The van der Waals surface area contributed by atoms with Crippen LogP contribution in [0.25, 0.3) is 0 Å². The largest absolute Gasteiger partial charge is 0.472 e. The van der Waals surface area contributed by atoms with Crippen molar-refractivity contribution in [3.8, 4) is 0 Å². The average Bonchev–Trinajstić information content (AvgIpc) is 3.56. The first-order valence-electron chi connectivity index (χ1n) is 14.8. The Bertz CT molecular complexity index is 1500. The highest BCUT2D eigenvalue weighted by Crippen LogP contribution is 2.69. The molecule has 2 bridgehead atoms. The first kappa shape index (κ1) is 33.1. The maximum atomic E-state index is 13.7. The number of aliphatic hydroxyl groups is 1. The van der Waals surface area contributed by atoms with Crippen LogP contribution in [0.3, 0.4) is 0 Å². The standard InChI is InChI=1S/C32H37NO13/c1-17(34)41-16-31-24(44-28(38)21-9-11-40-15-21)12-22-25(43-19(3)36)32(31,46-29(22,4)5)30(6,39)13-23(42-18(2)35)26(31)45-27(37)20-8-7-10-33-14-20/h7-11,14-15,22-26,39H,12-13,16H2,1-6H3/t22-,23-,24-,25-,26+,30-,31-,32+/m0/s1. The van der Waals surface area contributed by atoms with Crippen molar-refractivity contribution in [1.82, 2.24) is 4.98 Å². The number of ether oxygens (including phenoxy) is 6. The maximum Gasteiger partial charge on any atom is 0.341 e. The number of carbonyl (C=O) groups excluding carboxylic acids is 5. The van der Waals surface area contributed by atoms with E-state index >= 15 is 0 Å². The summed E-state index contributed by atoms with van der Waals surface area (Å²) in [7, 11) is 0. The van der Waals surface area contributed by atoms with Gasteiger partial charge >= 0.3 is 29.8 Å². The molecule has 1 spiro atoms. The maximum absolute atomic E-state index is 13.7. The quantitative estimate of drug-likeness (QED) is 0.327. The molecule has 1 saturated heterocycles. The summed E-state index contributed by atoms with van der Waals surface area (Å²) in [6.07, 6.45) is -0.819. The van der Waals surface area contributed by atoms with Gasteiger partial charge in [-0.3, -0.25) is 19.4 Å². The van der Waals surface area contributed by atoms with Crippen molar-refractivity contribution in [3.05, 3.63) is 54.2 Å². The van der Waals surface area contributed by atoms with Crippen molar-refractivity contribution >= 4 is 29.8 Å². The molecule has 2 aromatic heterocycles. The van der Waals surface area contributed by atoms with Crippen molar-refractivity contribution in [2.24, 2.45) is 11.3 Å². The molecular weight excluding hydrogens is 606 g/mol. The van der Waals surface area contributed by atoms with E-state index in [0.29, 0.717) is 0 Å². The molecule has 3 heterocycles. The summed E-state index contributed by atoms with van der Waals surface area (Å²) in [5.41, 5.74) is -7.21. The monoisotopic (exact) mass is 643 g/mol. The van der Waals surface area contributed by atoms with Gasteiger partial charge in [-0.15, -0.1) is 0 Å². The molecule has 0 aromatic carbocycles. The molecule has 248 valence electrons. The van der Waals surface area contributed by atoms with E-state index in [1.807, 2.05) is 0 Å². The molecule has 14 heteroatoms. The predicted molar refractivity (Wildman–Crippen MR) is 153 cm³/mol. The SMILES string of the molecule is CC(=O)OC[C@@]12[C@@H](OC(=O)c3ccoc3)C[C@H]3[C@H](OC(C)=O)[C@@]1(OC3(C)C)[C@@](C)(O)C[C@H](OC(C)=O)[C@H]2OC(=O)c1cccnc1. The Morgan fingerprint density at radius 2 is 1.61 bits per heavy atom. The van der Waals surface area contributed by atoms with Crippen molar-refractivity contribution < 1.29 is 61.9 Å². The Labute approximate surface area is 264 Å². The van der Waals surface area contributed by atoms with Crippen molar-refractivity contribution in [2.45, 2.75) is 95.6 Å². The van der Waals surface area contributed by atoms with E-state index < -0.39 is 89.0 Å². The van der Waals surface area contributed by atoms with E-state index in [1.54, 1.807) is 13.8 Å². The van der Waals surface area contributed by atoms with Crippen LogP contribution < -0.4 is 0 Å². The Morgan fingerprint density at radius 3 is 2.20 bits per heavy atom. The predicted octanol–water partition coefficient (Wildman–Crippen LogP) is 2.56. The lowest BCUT2D eigenvalue weighted by atomic mass is 9.46. The normalized spacial score (nSPS) is 34.0. The lowest BCUT2D eigenvalue weighted by molar-refractivity contribution is -0.354. The summed E-state index contributed by atoms with van der Waals surface area (Å²) in [6, 6.07) is 4.35. The van der Waals surface area contributed by atoms with Crippen LogP contribution in [0, 0.1) is 11.3 Å². The Balaban J connectivity index is 1.81. The molecule has 3 aliphatic rings. The minimum Gasteiger partial charge on any atom is -0.472 e. The van der Waals surface area contributed by atoms with Gasteiger partial charge in [0.25, 0.3) is 0 Å². The minimum absolute atomic E-state index is 0.0305. The molecule has 1 aliphatic heterocycles. The number of hydrogen-bond acceptors (Lipinski definition) is 14. The number of esters is 5. The number of nitrogens with zero attached hydrogens (tertiary/aromatic N) is 1. The molecule has 1 N–H and O–H groups in total. The van der Waals surface area contributed by atoms with Gasteiger partial charge in [0.15, 0.2) is 11.7 Å². The van der Waals surface area contributed by atoms with E-state index in [4.69, 9.17) is 32.8 Å². The summed E-state index contributed by atoms with van der Waals surface area (Å²) in [6.45, 7) is 7.66. The molecular formula is C32H37NO13. The molecule has 2 aromatic rings. The van der Waals surface area contributed by atoms with Crippen LogP contribution in [-0.4, -0.2) is 87.8 Å². The van der Waals surface area contributed by atoms with Crippen LogP contribution in [0.2, 0.25) is 0 Å². The molecule has 0 unspecified atom stereocenters. The first-order chi connectivity index (χ1) is 21.6. The van der Waals surface area contributed by atoms with E-state index in [1.165, 1.54) is 57.0 Å². The second-order valence-corrected chi connectivity index (χ2v) is 12.7. The highest BCUT2D eigenvalue weighted by molar-refractivity contribution is 5.90. The number of furan rings is 1. The topological polar surface area (TPSA) is 187 Å². The molecule has 8 atom stereocenters. The van der Waals surface area contributed by atoms with Crippen LogP contribution in [0.1, 0.15) is 75.1 Å². The molecule has 0 radical (unpaired) electrons. The molecule has 3 fully saturated rings. The Kier molecular flexibility index (Phi) is 8.49. The van der Waals surface area contributed by atoms with Crippen LogP contribution in [0.15, 0.2) is 47.5 Å². The molecule has 0 amide bonds. The van der Waals surface area contributed by atoms with Crippen LogP contribution in [0.5, 0.6) is 0 Å². The summed E-state index contributed by atoms with van der Waals surface area (Å²) in [5.74, 6) is -4.67. The Morgan fingerprint density at radius 1 is 0.913 bits per heavy atom.